The van der Waals surface area contributed by atoms with Crippen LogP contribution in [0.4, 0.5) is 5.69 Å². The summed E-state index contributed by atoms with van der Waals surface area (Å²) < 4.78 is 0. The van der Waals surface area contributed by atoms with E-state index in [-0.39, 0.29) is 5.91 Å². The van der Waals surface area contributed by atoms with Crippen LogP contribution in [0.5, 0.6) is 0 Å². The van der Waals surface area contributed by atoms with Crippen LogP contribution in [-0.4, -0.2) is 18.7 Å². The van der Waals surface area contributed by atoms with E-state index in [1.165, 1.54) is 0 Å². The van der Waals surface area contributed by atoms with Crippen molar-refractivity contribution >= 4 is 35.0 Å². The molecule has 0 unspecified atom stereocenters. The molecule has 0 aliphatic carbocycles. The van der Waals surface area contributed by atoms with Crippen LogP contribution in [0.15, 0.2) is 54.6 Å². The highest BCUT2D eigenvalue weighted by atomic mass is 35.5. The van der Waals surface area contributed by atoms with Crippen molar-refractivity contribution in [3.63, 3.8) is 0 Å². The molecule has 0 fully saturated rings. The molecule has 0 N–H and O–H groups in total. The summed E-state index contributed by atoms with van der Waals surface area (Å²) in [5, 5.41) is 0.754. The van der Waals surface area contributed by atoms with Gasteiger partial charge >= 0.3 is 0 Å². The molecule has 0 saturated heterocycles. The number of carbonyl (C=O) groups is 1. The van der Waals surface area contributed by atoms with Gasteiger partial charge in [0.1, 0.15) is 0 Å². The molecule has 2 rings (SSSR count). The summed E-state index contributed by atoms with van der Waals surface area (Å²) in [4.78, 5) is 13.8. The first kappa shape index (κ1) is 14.9. The molecule has 0 spiro atoms. The van der Waals surface area contributed by atoms with Gasteiger partial charge < -0.3 is 4.90 Å². The Balaban J connectivity index is 1.85. The monoisotopic (exact) mass is 305 g/mol. The van der Waals surface area contributed by atoms with Crippen molar-refractivity contribution < 1.29 is 4.79 Å². The number of anilines is 1. The van der Waals surface area contributed by atoms with Gasteiger partial charge in [-0.15, -0.1) is 11.8 Å². The standard InChI is InChI=1S/C16H16ClNOS/c1-18(14-8-3-2-4-9-14)16(19)12-20-11-13-7-5-6-10-15(13)17/h2-10H,11-12H2,1H3. The lowest BCUT2D eigenvalue weighted by Gasteiger charge is -2.17. The smallest absolute Gasteiger partial charge is 0.236 e. The molecule has 0 bridgehead atoms. The van der Waals surface area contributed by atoms with Crippen molar-refractivity contribution in [2.45, 2.75) is 5.75 Å². The number of para-hydroxylation sites is 1. The van der Waals surface area contributed by atoms with Gasteiger partial charge in [-0.1, -0.05) is 48.0 Å². The van der Waals surface area contributed by atoms with Crippen molar-refractivity contribution in [1.29, 1.82) is 0 Å². The van der Waals surface area contributed by atoms with E-state index < -0.39 is 0 Å². The first-order valence-corrected chi connectivity index (χ1v) is 7.84. The van der Waals surface area contributed by atoms with Crippen molar-refractivity contribution in [2.24, 2.45) is 0 Å². The summed E-state index contributed by atoms with van der Waals surface area (Å²) in [5.41, 5.74) is 1.98. The van der Waals surface area contributed by atoms with E-state index >= 15 is 0 Å². The molecule has 4 heteroatoms. The maximum atomic E-state index is 12.1. The van der Waals surface area contributed by atoms with Gasteiger partial charge in [0, 0.05) is 23.5 Å². The second-order valence-electron chi connectivity index (χ2n) is 4.37. The van der Waals surface area contributed by atoms with Gasteiger partial charge in [-0.3, -0.25) is 4.79 Å². The van der Waals surface area contributed by atoms with E-state index in [9.17, 15) is 4.79 Å². The summed E-state index contributed by atoms with van der Waals surface area (Å²) in [6.45, 7) is 0. The summed E-state index contributed by atoms with van der Waals surface area (Å²) in [5.74, 6) is 1.28. The fourth-order valence-corrected chi connectivity index (χ4v) is 2.98. The quantitative estimate of drug-likeness (QED) is 0.823. The molecular weight excluding hydrogens is 290 g/mol. The average molecular weight is 306 g/mol. The minimum Gasteiger partial charge on any atom is -0.315 e. The Hall–Kier alpha value is -1.45. The van der Waals surface area contributed by atoms with Gasteiger partial charge in [0.2, 0.25) is 5.91 Å². The molecule has 2 aromatic rings. The summed E-state index contributed by atoms with van der Waals surface area (Å²) >= 11 is 7.67. The van der Waals surface area contributed by atoms with Gasteiger partial charge in [-0.25, -0.2) is 0 Å². The zero-order chi connectivity index (χ0) is 14.4. The summed E-state index contributed by atoms with van der Waals surface area (Å²) in [6, 6.07) is 17.4. The van der Waals surface area contributed by atoms with Crippen LogP contribution in [0.25, 0.3) is 0 Å². The Morgan fingerprint density at radius 3 is 2.45 bits per heavy atom. The second kappa shape index (κ2) is 7.36. The van der Waals surface area contributed by atoms with Gasteiger partial charge in [-0.2, -0.15) is 0 Å². The van der Waals surface area contributed by atoms with E-state index in [2.05, 4.69) is 0 Å². The average Bonchev–Trinajstić information content (AvgIpc) is 2.49. The van der Waals surface area contributed by atoms with Crippen molar-refractivity contribution in [3.05, 3.63) is 65.2 Å². The highest BCUT2D eigenvalue weighted by molar-refractivity contribution is 7.99. The zero-order valence-corrected chi connectivity index (χ0v) is 12.8. The molecule has 1 amide bonds. The Morgan fingerprint density at radius 2 is 1.75 bits per heavy atom. The van der Waals surface area contributed by atoms with Crippen LogP contribution in [-0.2, 0) is 10.5 Å². The first-order valence-electron chi connectivity index (χ1n) is 6.31. The molecular formula is C16H16ClNOS. The third kappa shape index (κ3) is 4.02. The number of thioether (sulfide) groups is 1. The number of hydrogen-bond donors (Lipinski definition) is 0. The maximum absolute atomic E-state index is 12.1. The van der Waals surface area contributed by atoms with E-state index in [0.29, 0.717) is 5.75 Å². The Bertz CT molecular complexity index is 574. The molecule has 0 radical (unpaired) electrons. The Morgan fingerprint density at radius 1 is 1.10 bits per heavy atom. The second-order valence-corrected chi connectivity index (χ2v) is 5.77. The minimum atomic E-state index is 0.0910. The highest BCUT2D eigenvalue weighted by Gasteiger charge is 2.10. The predicted octanol–water partition coefficient (Wildman–Crippen LogP) is 4.24. The topological polar surface area (TPSA) is 20.3 Å². The van der Waals surface area contributed by atoms with Crippen molar-refractivity contribution in [1.82, 2.24) is 0 Å². The van der Waals surface area contributed by atoms with Crippen LogP contribution < -0.4 is 4.90 Å². The van der Waals surface area contributed by atoms with E-state index in [1.54, 1.807) is 23.7 Å². The minimum absolute atomic E-state index is 0.0910. The molecule has 0 saturated carbocycles. The molecule has 0 heterocycles. The number of carbonyl (C=O) groups excluding carboxylic acids is 1. The molecule has 0 aromatic heterocycles. The number of rotatable bonds is 5. The summed E-state index contributed by atoms with van der Waals surface area (Å²) in [6.07, 6.45) is 0. The van der Waals surface area contributed by atoms with Crippen LogP contribution >= 0.6 is 23.4 Å². The SMILES string of the molecule is CN(C(=O)CSCc1ccccc1Cl)c1ccccc1. The molecule has 0 aliphatic rings. The molecule has 20 heavy (non-hydrogen) atoms. The third-order valence-electron chi connectivity index (χ3n) is 2.96. The predicted molar refractivity (Wildman–Crippen MR) is 87.5 cm³/mol. The van der Waals surface area contributed by atoms with Crippen LogP contribution in [0.1, 0.15) is 5.56 Å². The molecule has 0 atom stereocenters. The number of nitrogens with zero attached hydrogens (tertiary/aromatic N) is 1. The largest absolute Gasteiger partial charge is 0.315 e. The zero-order valence-electron chi connectivity index (χ0n) is 11.3. The fraction of sp³-hybridized carbons (Fsp3) is 0.188. The Kier molecular flexibility index (Phi) is 5.50. The number of benzene rings is 2. The third-order valence-corrected chi connectivity index (χ3v) is 4.29. The van der Waals surface area contributed by atoms with E-state index in [0.717, 1.165) is 22.0 Å². The normalized spacial score (nSPS) is 10.3. The number of hydrogen-bond acceptors (Lipinski definition) is 2. The Labute approximate surface area is 128 Å². The lowest BCUT2D eigenvalue weighted by atomic mass is 10.2. The van der Waals surface area contributed by atoms with Gasteiger partial charge in [0.25, 0.3) is 0 Å². The molecule has 104 valence electrons. The first-order chi connectivity index (χ1) is 9.68. The lowest BCUT2D eigenvalue weighted by molar-refractivity contribution is -0.115. The lowest BCUT2D eigenvalue weighted by Crippen LogP contribution is -2.27. The van der Waals surface area contributed by atoms with E-state index in [1.807, 2.05) is 54.6 Å². The number of amides is 1. The van der Waals surface area contributed by atoms with Crippen molar-refractivity contribution in [3.8, 4) is 0 Å². The van der Waals surface area contributed by atoms with Crippen LogP contribution in [0, 0.1) is 0 Å². The van der Waals surface area contributed by atoms with Crippen molar-refractivity contribution in [2.75, 3.05) is 17.7 Å². The fourth-order valence-electron chi connectivity index (χ4n) is 1.76. The van der Waals surface area contributed by atoms with Crippen LogP contribution in [0.2, 0.25) is 5.02 Å². The number of halogens is 1. The van der Waals surface area contributed by atoms with E-state index in [4.69, 9.17) is 11.6 Å². The maximum Gasteiger partial charge on any atom is 0.236 e. The highest BCUT2D eigenvalue weighted by Crippen LogP contribution is 2.21. The summed E-state index contributed by atoms with van der Waals surface area (Å²) in [7, 11) is 1.80. The van der Waals surface area contributed by atoms with Gasteiger partial charge in [-0.05, 0) is 23.8 Å². The molecule has 2 nitrogen and oxygen atoms in total. The van der Waals surface area contributed by atoms with Crippen LogP contribution in [0.3, 0.4) is 0 Å². The molecule has 2 aromatic carbocycles. The van der Waals surface area contributed by atoms with Gasteiger partial charge in [0.15, 0.2) is 0 Å². The van der Waals surface area contributed by atoms with Gasteiger partial charge in [0.05, 0.1) is 5.75 Å². The molecule has 0 aliphatic heterocycles.